The van der Waals surface area contributed by atoms with E-state index in [4.69, 9.17) is 14.2 Å². The number of methoxy groups -OCH3 is 2. The Bertz CT molecular complexity index is 832. The van der Waals surface area contributed by atoms with E-state index in [0.29, 0.717) is 8.58 Å². The number of aryl methyl sites for hydroxylation is 1. The Hall–Kier alpha value is -1.61. The lowest BCUT2D eigenvalue weighted by molar-refractivity contribution is 0.0500. The minimum Gasteiger partial charge on any atom is -0.497 e. The maximum Gasteiger partial charge on any atom is 0.188 e. The Morgan fingerprint density at radius 2 is 1.73 bits per heavy atom. The minimum atomic E-state index is -0.0800. The predicted octanol–water partition coefficient (Wildman–Crippen LogP) is 5.50. The van der Waals surface area contributed by atoms with Gasteiger partial charge in [0.05, 0.1) is 7.11 Å². The van der Waals surface area contributed by atoms with Gasteiger partial charge in [0.2, 0.25) is 0 Å². The van der Waals surface area contributed by atoms with E-state index in [1.807, 2.05) is 12.1 Å². The monoisotopic (exact) mass is 431 g/mol. The fraction of sp³-hybridized carbons (Fsp3) is 0.520. The number of ether oxygens (including phenoxy) is 3. The van der Waals surface area contributed by atoms with Crippen LogP contribution in [0.5, 0.6) is 11.5 Å². The Labute approximate surface area is 184 Å². The third-order valence-corrected chi connectivity index (χ3v) is 7.23. The van der Waals surface area contributed by atoms with Gasteiger partial charge >= 0.3 is 0 Å². The Kier molecular flexibility index (Phi) is 8.73. The van der Waals surface area contributed by atoms with Gasteiger partial charge in [-0.1, -0.05) is 46.2 Å². The molecule has 0 saturated heterocycles. The molecule has 0 bridgehead atoms. The lowest BCUT2D eigenvalue weighted by Gasteiger charge is -2.32. The second kappa shape index (κ2) is 10.6. The summed E-state index contributed by atoms with van der Waals surface area (Å²) in [4.78, 5) is 0. The summed E-state index contributed by atoms with van der Waals surface area (Å²) >= 11 is 0. The Balaban J connectivity index is 2.44. The fourth-order valence-corrected chi connectivity index (χ4v) is 4.90. The Morgan fingerprint density at radius 1 is 1.00 bits per heavy atom. The topological polar surface area (TPSA) is 39.7 Å². The van der Waals surface area contributed by atoms with Crippen LogP contribution in [0, 0.1) is 6.92 Å². The van der Waals surface area contributed by atoms with Crippen LogP contribution in [0.1, 0.15) is 57.7 Å². The maximum absolute atomic E-state index is 5.93. The van der Waals surface area contributed by atoms with E-state index >= 15 is 0 Å². The van der Waals surface area contributed by atoms with E-state index in [0.717, 1.165) is 30.0 Å². The SMILES string of the molecule is CCC(C)(Pc1ccc(C)cc1CNC(C)(C)C)c1cc(OC)ccc1OCOC. The molecule has 0 aliphatic rings. The highest BCUT2D eigenvalue weighted by Gasteiger charge is 2.30. The molecule has 2 unspecified atom stereocenters. The molecule has 5 heteroatoms. The van der Waals surface area contributed by atoms with Crippen LogP contribution in [0.4, 0.5) is 0 Å². The average molecular weight is 432 g/mol. The second-order valence-corrected chi connectivity index (χ2v) is 10.9. The molecule has 2 aromatic rings. The van der Waals surface area contributed by atoms with Crippen molar-refractivity contribution in [1.82, 2.24) is 5.32 Å². The smallest absolute Gasteiger partial charge is 0.188 e. The van der Waals surface area contributed by atoms with E-state index in [9.17, 15) is 0 Å². The molecule has 0 aliphatic heterocycles. The van der Waals surface area contributed by atoms with Crippen molar-refractivity contribution in [2.75, 3.05) is 21.0 Å². The van der Waals surface area contributed by atoms with E-state index in [-0.39, 0.29) is 17.5 Å². The molecule has 0 fully saturated rings. The largest absolute Gasteiger partial charge is 0.497 e. The Morgan fingerprint density at radius 3 is 2.33 bits per heavy atom. The molecule has 0 spiro atoms. The third kappa shape index (κ3) is 6.70. The van der Waals surface area contributed by atoms with Crippen LogP contribution in [0.2, 0.25) is 0 Å². The molecule has 0 amide bonds. The lowest BCUT2D eigenvalue weighted by atomic mass is 9.96. The maximum atomic E-state index is 5.93. The number of hydrogen-bond donors (Lipinski definition) is 1. The highest BCUT2D eigenvalue weighted by Crippen LogP contribution is 2.48. The molecular formula is C25H38NO3P. The molecular weight excluding hydrogens is 393 g/mol. The van der Waals surface area contributed by atoms with E-state index < -0.39 is 0 Å². The van der Waals surface area contributed by atoms with Gasteiger partial charge in [-0.25, -0.2) is 0 Å². The van der Waals surface area contributed by atoms with Gasteiger partial charge < -0.3 is 19.5 Å². The van der Waals surface area contributed by atoms with E-state index in [1.165, 1.54) is 16.4 Å². The van der Waals surface area contributed by atoms with Gasteiger partial charge in [-0.15, -0.1) is 0 Å². The van der Waals surface area contributed by atoms with Crippen molar-refractivity contribution >= 4 is 13.9 Å². The van der Waals surface area contributed by atoms with Gasteiger partial charge in [-0.05, 0) is 63.2 Å². The summed E-state index contributed by atoms with van der Waals surface area (Å²) in [6.07, 6.45) is 0.988. The van der Waals surface area contributed by atoms with Crippen LogP contribution in [0.25, 0.3) is 0 Å². The summed E-state index contributed by atoms with van der Waals surface area (Å²) in [5.74, 6) is 1.70. The van der Waals surface area contributed by atoms with Crippen LogP contribution < -0.4 is 20.1 Å². The molecule has 0 saturated carbocycles. The summed E-state index contributed by atoms with van der Waals surface area (Å²) in [5.41, 5.74) is 3.89. The van der Waals surface area contributed by atoms with Crippen molar-refractivity contribution in [2.24, 2.45) is 0 Å². The lowest BCUT2D eigenvalue weighted by Crippen LogP contribution is -2.36. The van der Waals surface area contributed by atoms with E-state index in [2.05, 4.69) is 71.1 Å². The fourth-order valence-electron chi connectivity index (χ4n) is 3.31. The van der Waals surface area contributed by atoms with Crippen molar-refractivity contribution in [3.63, 3.8) is 0 Å². The number of nitrogens with one attached hydrogen (secondary N) is 1. The standard InChI is InChI=1S/C25H38NO3P/c1-9-25(6,21-15-20(28-8)11-12-22(21)29-17-27-7)30-23-13-10-18(2)14-19(23)16-26-24(3,4)5/h10-15,26,30H,9,16-17H2,1-8H3. The van der Waals surface area contributed by atoms with Crippen molar-refractivity contribution in [1.29, 1.82) is 0 Å². The molecule has 2 aromatic carbocycles. The van der Waals surface area contributed by atoms with Crippen molar-refractivity contribution < 1.29 is 14.2 Å². The molecule has 1 N–H and O–H groups in total. The zero-order chi connectivity index (χ0) is 22.4. The van der Waals surface area contributed by atoms with Gasteiger partial charge in [-0.3, -0.25) is 0 Å². The van der Waals surface area contributed by atoms with Gasteiger partial charge in [0, 0.05) is 29.9 Å². The quantitative estimate of drug-likeness (QED) is 0.398. The zero-order valence-electron chi connectivity index (χ0n) is 19.8. The summed E-state index contributed by atoms with van der Waals surface area (Å²) < 4.78 is 16.6. The van der Waals surface area contributed by atoms with Crippen LogP contribution >= 0.6 is 8.58 Å². The first-order chi connectivity index (χ1) is 14.1. The molecule has 0 aromatic heterocycles. The van der Waals surface area contributed by atoms with Gasteiger partial charge in [0.15, 0.2) is 6.79 Å². The minimum absolute atomic E-state index is 0.0755. The first kappa shape index (κ1) is 24.7. The molecule has 0 aliphatic carbocycles. The normalized spacial score (nSPS) is 14.1. The third-order valence-electron chi connectivity index (χ3n) is 5.30. The second-order valence-electron chi connectivity index (χ2n) is 8.99. The molecule has 30 heavy (non-hydrogen) atoms. The summed E-state index contributed by atoms with van der Waals surface area (Å²) in [6, 6.07) is 12.9. The van der Waals surface area contributed by atoms with Gasteiger partial charge in [0.1, 0.15) is 11.5 Å². The zero-order valence-corrected chi connectivity index (χ0v) is 20.8. The predicted molar refractivity (Wildman–Crippen MR) is 129 cm³/mol. The highest BCUT2D eigenvalue weighted by molar-refractivity contribution is 7.48. The highest BCUT2D eigenvalue weighted by atomic mass is 31.1. The number of rotatable bonds is 10. The van der Waals surface area contributed by atoms with Crippen LogP contribution in [-0.4, -0.2) is 26.6 Å². The number of hydrogen-bond acceptors (Lipinski definition) is 4. The molecule has 2 rings (SSSR count). The van der Waals surface area contributed by atoms with Crippen LogP contribution in [0.15, 0.2) is 36.4 Å². The average Bonchev–Trinajstić information content (AvgIpc) is 2.71. The van der Waals surface area contributed by atoms with E-state index in [1.54, 1.807) is 14.2 Å². The summed E-state index contributed by atoms with van der Waals surface area (Å²) in [7, 11) is 3.95. The molecule has 2 atom stereocenters. The van der Waals surface area contributed by atoms with Crippen LogP contribution in [0.3, 0.4) is 0 Å². The summed E-state index contributed by atoms with van der Waals surface area (Å²) in [6.45, 7) is 14.4. The first-order valence-corrected chi connectivity index (χ1v) is 11.5. The summed E-state index contributed by atoms with van der Waals surface area (Å²) in [5, 5.41) is 4.96. The molecule has 166 valence electrons. The number of benzene rings is 2. The molecule has 0 radical (unpaired) electrons. The first-order valence-electron chi connectivity index (χ1n) is 10.5. The van der Waals surface area contributed by atoms with Crippen LogP contribution in [-0.2, 0) is 16.4 Å². The van der Waals surface area contributed by atoms with Gasteiger partial charge in [0.25, 0.3) is 0 Å². The molecule has 4 nitrogen and oxygen atoms in total. The van der Waals surface area contributed by atoms with Crippen molar-refractivity contribution in [3.05, 3.63) is 53.1 Å². The van der Waals surface area contributed by atoms with Crippen molar-refractivity contribution in [2.45, 2.75) is 65.2 Å². The molecule has 0 heterocycles. The van der Waals surface area contributed by atoms with Gasteiger partial charge in [-0.2, -0.15) is 0 Å². The van der Waals surface area contributed by atoms with Crippen molar-refractivity contribution in [3.8, 4) is 11.5 Å².